The summed E-state index contributed by atoms with van der Waals surface area (Å²) in [5, 5.41) is 0. The van der Waals surface area contributed by atoms with Crippen molar-refractivity contribution in [2.45, 2.75) is 19.8 Å². The summed E-state index contributed by atoms with van der Waals surface area (Å²) in [7, 11) is 0. The molecule has 1 aliphatic rings. The summed E-state index contributed by atoms with van der Waals surface area (Å²) < 4.78 is 12.9. The van der Waals surface area contributed by atoms with Crippen molar-refractivity contribution in [3.05, 3.63) is 47.3 Å². The van der Waals surface area contributed by atoms with Crippen molar-refractivity contribution in [1.29, 1.82) is 0 Å². The second-order valence-corrected chi connectivity index (χ2v) is 3.87. The maximum atomic E-state index is 12.9. The van der Waals surface area contributed by atoms with Gasteiger partial charge >= 0.3 is 0 Å². The highest BCUT2D eigenvalue weighted by molar-refractivity contribution is 6.02. The van der Waals surface area contributed by atoms with Gasteiger partial charge in [-0.3, -0.25) is 4.79 Å². The van der Waals surface area contributed by atoms with Gasteiger partial charge in [-0.05, 0) is 37.5 Å². The van der Waals surface area contributed by atoms with E-state index in [1.165, 1.54) is 12.1 Å². The maximum Gasteiger partial charge on any atom is 0.166 e. The molecule has 0 N–H and O–H groups in total. The Kier molecular flexibility index (Phi) is 2.67. The monoisotopic (exact) mass is 204 g/mol. The van der Waals surface area contributed by atoms with Crippen LogP contribution in [0.1, 0.15) is 29.3 Å². The Bertz CT molecular complexity index is 421. The molecule has 0 saturated carbocycles. The van der Waals surface area contributed by atoms with Crippen LogP contribution in [-0.4, -0.2) is 5.78 Å². The molecule has 0 amide bonds. The van der Waals surface area contributed by atoms with E-state index in [1.807, 2.05) is 19.1 Å². The van der Waals surface area contributed by atoms with Crippen LogP contribution in [0.25, 0.3) is 0 Å². The highest BCUT2D eigenvalue weighted by Crippen LogP contribution is 2.29. The van der Waals surface area contributed by atoms with Crippen LogP contribution in [0.4, 0.5) is 4.39 Å². The molecular weight excluding hydrogens is 191 g/mol. The molecular formula is C13H13FO. The summed E-state index contributed by atoms with van der Waals surface area (Å²) >= 11 is 0. The second-order valence-electron chi connectivity index (χ2n) is 3.87. The minimum Gasteiger partial charge on any atom is -0.294 e. The first-order valence-corrected chi connectivity index (χ1v) is 5.16. The van der Waals surface area contributed by atoms with Gasteiger partial charge in [0.05, 0.1) is 0 Å². The average molecular weight is 204 g/mol. The van der Waals surface area contributed by atoms with Crippen molar-refractivity contribution in [2.24, 2.45) is 5.92 Å². The van der Waals surface area contributed by atoms with Crippen LogP contribution in [0.5, 0.6) is 0 Å². The van der Waals surface area contributed by atoms with Crippen molar-refractivity contribution >= 4 is 5.78 Å². The minimum atomic E-state index is -0.325. The van der Waals surface area contributed by atoms with Gasteiger partial charge in [-0.15, -0.1) is 0 Å². The van der Waals surface area contributed by atoms with Gasteiger partial charge in [0.1, 0.15) is 5.82 Å². The fourth-order valence-corrected chi connectivity index (χ4v) is 2.02. The summed E-state index contributed by atoms with van der Waals surface area (Å²) in [5.41, 5.74) is 1.56. The molecule has 1 unspecified atom stereocenters. The lowest BCUT2D eigenvalue weighted by Gasteiger charge is -2.01. The van der Waals surface area contributed by atoms with E-state index in [-0.39, 0.29) is 17.5 Å². The topological polar surface area (TPSA) is 17.1 Å². The zero-order chi connectivity index (χ0) is 10.8. The summed E-state index contributed by atoms with van der Waals surface area (Å²) in [6.07, 6.45) is 5.44. The van der Waals surface area contributed by atoms with Gasteiger partial charge in [-0.1, -0.05) is 18.2 Å². The van der Waals surface area contributed by atoms with E-state index in [0.717, 1.165) is 18.4 Å². The molecule has 0 fully saturated rings. The number of hydrogen-bond donors (Lipinski definition) is 0. The number of allylic oxidation sites excluding steroid dienone is 2. The number of hydrogen-bond acceptors (Lipinski definition) is 1. The summed E-state index contributed by atoms with van der Waals surface area (Å²) in [5.74, 6) is -0.227. The molecule has 2 rings (SSSR count). The van der Waals surface area contributed by atoms with Gasteiger partial charge in [-0.2, -0.15) is 0 Å². The molecule has 1 aromatic carbocycles. The highest BCUT2D eigenvalue weighted by Gasteiger charge is 2.29. The predicted octanol–water partition coefficient (Wildman–Crippen LogP) is 3.15. The number of rotatable bonds is 2. The number of carbonyl (C=O) groups excluding carboxylic acids is 1. The van der Waals surface area contributed by atoms with Gasteiger partial charge in [0, 0.05) is 11.5 Å². The van der Waals surface area contributed by atoms with Crippen LogP contribution in [-0.2, 0) is 6.42 Å². The Balaban J connectivity index is 2.25. The molecule has 0 saturated heterocycles. The molecule has 1 nitrogen and oxygen atoms in total. The third-order valence-corrected chi connectivity index (χ3v) is 2.83. The van der Waals surface area contributed by atoms with Crippen molar-refractivity contribution in [2.75, 3.05) is 0 Å². The van der Waals surface area contributed by atoms with E-state index in [2.05, 4.69) is 0 Å². The number of halogens is 1. The predicted molar refractivity (Wildman–Crippen MR) is 57.4 cm³/mol. The van der Waals surface area contributed by atoms with E-state index >= 15 is 0 Å². The average Bonchev–Trinajstić information content (AvgIpc) is 2.53. The molecule has 0 aliphatic heterocycles. The maximum absolute atomic E-state index is 12.9. The first-order valence-electron chi connectivity index (χ1n) is 5.16. The minimum absolute atomic E-state index is 0.0120. The molecule has 2 heteroatoms. The lowest BCUT2D eigenvalue weighted by atomic mass is 10.0. The number of ketones is 1. The molecule has 0 spiro atoms. The lowest BCUT2D eigenvalue weighted by Crippen LogP contribution is -2.07. The first-order chi connectivity index (χ1) is 7.22. The van der Waals surface area contributed by atoms with Crippen LogP contribution >= 0.6 is 0 Å². The van der Waals surface area contributed by atoms with Crippen molar-refractivity contribution < 1.29 is 9.18 Å². The zero-order valence-corrected chi connectivity index (χ0v) is 8.66. The van der Waals surface area contributed by atoms with Crippen LogP contribution in [0, 0.1) is 11.7 Å². The number of fused-ring (bicyclic) bond motifs is 1. The van der Waals surface area contributed by atoms with E-state index in [1.54, 1.807) is 6.07 Å². The van der Waals surface area contributed by atoms with Gasteiger partial charge in [0.2, 0.25) is 0 Å². The van der Waals surface area contributed by atoms with Crippen molar-refractivity contribution in [3.63, 3.8) is 0 Å². The molecule has 0 bridgehead atoms. The Morgan fingerprint density at radius 3 is 3.07 bits per heavy atom. The smallest absolute Gasteiger partial charge is 0.166 e. The molecule has 1 atom stereocenters. The molecule has 0 aromatic heterocycles. The van der Waals surface area contributed by atoms with Crippen LogP contribution in [0.15, 0.2) is 30.4 Å². The number of Topliss-reactive ketones (excluding diaryl/α,β-unsaturated/α-hetero) is 1. The van der Waals surface area contributed by atoms with Gasteiger partial charge in [-0.25, -0.2) is 4.39 Å². The quantitative estimate of drug-likeness (QED) is 0.676. The van der Waals surface area contributed by atoms with Gasteiger partial charge < -0.3 is 0 Å². The Morgan fingerprint density at radius 1 is 1.53 bits per heavy atom. The second kappa shape index (κ2) is 3.97. The zero-order valence-electron chi connectivity index (χ0n) is 8.66. The molecule has 78 valence electrons. The first kappa shape index (κ1) is 10.1. The molecule has 0 heterocycles. The number of carbonyl (C=O) groups is 1. The standard InChI is InChI=1S/C13H13FO/c1-2-3-4-10-7-9-5-6-11(14)8-12(9)13(10)15/h2-3,5-6,8,10H,4,7H2,1H3/b3-2+. The summed E-state index contributed by atoms with van der Waals surface area (Å²) in [4.78, 5) is 11.9. The highest BCUT2D eigenvalue weighted by atomic mass is 19.1. The fraction of sp³-hybridized carbons (Fsp3) is 0.308. The Labute approximate surface area is 88.6 Å². The molecule has 0 radical (unpaired) electrons. The Hall–Kier alpha value is -1.44. The van der Waals surface area contributed by atoms with Gasteiger partial charge in [0.25, 0.3) is 0 Å². The number of benzene rings is 1. The van der Waals surface area contributed by atoms with Crippen molar-refractivity contribution in [3.8, 4) is 0 Å². The van der Waals surface area contributed by atoms with Crippen molar-refractivity contribution in [1.82, 2.24) is 0 Å². The van der Waals surface area contributed by atoms with E-state index < -0.39 is 0 Å². The van der Waals surface area contributed by atoms with Crippen LogP contribution < -0.4 is 0 Å². The van der Waals surface area contributed by atoms with E-state index in [4.69, 9.17) is 0 Å². The normalized spacial score (nSPS) is 19.9. The van der Waals surface area contributed by atoms with Gasteiger partial charge in [0.15, 0.2) is 5.78 Å². The summed E-state index contributed by atoms with van der Waals surface area (Å²) in [6.45, 7) is 1.94. The van der Waals surface area contributed by atoms with Crippen LogP contribution in [0.2, 0.25) is 0 Å². The fourth-order valence-electron chi connectivity index (χ4n) is 2.02. The molecule has 15 heavy (non-hydrogen) atoms. The molecule has 1 aliphatic carbocycles. The Morgan fingerprint density at radius 2 is 2.33 bits per heavy atom. The SMILES string of the molecule is C/C=C/CC1Cc2ccc(F)cc2C1=O. The molecule has 1 aromatic rings. The lowest BCUT2D eigenvalue weighted by molar-refractivity contribution is 0.0937. The van der Waals surface area contributed by atoms with E-state index in [9.17, 15) is 9.18 Å². The largest absolute Gasteiger partial charge is 0.294 e. The van der Waals surface area contributed by atoms with Crippen LogP contribution in [0.3, 0.4) is 0 Å². The summed E-state index contributed by atoms with van der Waals surface area (Å²) in [6, 6.07) is 4.50. The van der Waals surface area contributed by atoms with E-state index in [0.29, 0.717) is 5.56 Å². The third-order valence-electron chi connectivity index (χ3n) is 2.83. The third kappa shape index (κ3) is 1.84.